The third-order valence-corrected chi connectivity index (χ3v) is 7.01. The number of benzene rings is 2. The summed E-state index contributed by atoms with van der Waals surface area (Å²) in [6.07, 6.45) is 3.13. The van der Waals surface area contributed by atoms with Gasteiger partial charge in [0.15, 0.2) is 0 Å². The first-order chi connectivity index (χ1) is 19.4. The molecule has 2 heterocycles. The Bertz CT molecular complexity index is 1340. The summed E-state index contributed by atoms with van der Waals surface area (Å²) in [4.78, 5) is 21.9. The standard InChI is InChI=1S/C30H35N7O3/c1-20(37-14-16-39-17-15-37)24(19-36(2)18-21-12-13-21)27(31)40-30(32)35-28-29(38)33-25-11-7-6-10-23(25)26(34-28)22-8-4-3-5-9-22/h3-11,19,21,28,31H,1,12-18H2,2H3,(H2,32,35)(H,33,38)/b24-19+,31-27?. The number of aliphatic imine (C=N–C) groups is 1. The van der Waals surface area contributed by atoms with E-state index in [9.17, 15) is 4.79 Å². The van der Waals surface area contributed by atoms with E-state index in [1.165, 1.54) is 12.8 Å². The van der Waals surface area contributed by atoms with Crippen LogP contribution in [-0.2, 0) is 14.3 Å². The highest BCUT2D eigenvalue weighted by molar-refractivity contribution is 6.19. The van der Waals surface area contributed by atoms with Gasteiger partial charge >= 0.3 is 0 Å². The Kier molecular flexibility index (Phi) is 8.26. The van der Waals surface area contributed by atoms with Crippen molar-refractivity contribution in [3.05, 3.63) is 89.8 Å². The van der Waals surface area contributed by atoms with E-state index in [0.29, 0.717) is 54.9 Å². The van der Waals surface area contributed by atoms with Crippen molar-refractivity contribution in [2.45, 2.75) is 19.0 Å². The van der Waals surface area contributed by atoms with Crippen molar-refractivity contribution in [1.82, 2.24) is 15.1 Å². The Morgan fingerprint density at radius 3 is 2.60 bits per heavy atom. The molecule has 0 spiro atoms. The van der Waals surface area contributed by atoms with Crippen molar-refractivity contribution < 1.29 is 14.3 Å². The van der Waals surface area contributed by atoms with Gasteiger partial charge in [0.1, 0.15) is 0 Å². The molecule has 4 N–H and O–H groups in total. The van der Waals surface area contributed by atoms with Crippen molar-refractivity contribution in [2.24, 2.45) is 10.9 Å². The molecule has 10 heteroatoms. The van der Waals surface area contributed by atoms with E-state index in [1.807, 2.05) is 72.7 Å². The number of nitrogens with one attached hydrogen (secondary N) is 4. The van der Waals surface area contributed by atoms with Crippen LogP contribution in [0.5, 0.6) is 0 Å². The molecule has 40 heavy (non-hydrogen) atoms. The van der Waals surface area contributed by atoms with Gasteiger partial charge in [-0.3, -0.25) is 15.6 Å². The van der Waals surface area contributed by atoms with Crippen LogP contribution in [0.1, 0.15) is 24.0 Å². The number of amides is 1. The van der Waals surface area contributed by atoms with Crippen LogP contribution >= 0.6 is 0 Å². The summed E-state index contributed by atoms with van der Waals surface area (Å²) in [7, 11) is 1.97. The maximum atomic E-state index is 13.1. The molecule has 208 valence electrons. The number of nitrogens with zero attached hydrogens (tertiary/aromatic N) is 3. The van der Waals surface area contributed by atoms with Crippen LogP contribution in [0.4, 0.5) is 5.69 Å². The fraction of sp³-hybridized carbons (Fsp3) is 0.333. The number of anilines is 1. The largest absolute Gasteiger partial charge is 0.407 e. The topological polar surface area (TPSA) is 126 Å². The quantitative estimate of drug-likeness (QED) is 0.231. The van der Waals surface area contributed by atoms with Gasteiger partial charge in [0.25, 0.3) is 11.9 Å². The number of ether oxygens (including phenoxy) is 2. The number of carbonyl (C=O) groups is 1. The predicted molar refractivity (Wildman–Crippen MR) is 156 cm³/mol. The molecule has 2 fully saturated rings. The molecule has 1 unspecified atom stereocenters. The van der Waals surface area contributed by atoms with Crippen molar-refractivity contribution in [1.29, 1.82) is 10.8 Å². The molecule has 1 saturated heterocycles. The molecule has 0 bridgehead atoms. The minimum Gasteiger partial charge on any atom is -0.407 e. The van der Waals surface area contributed by atoms with Crippen molar-refractivity contribution in [3.63, 3.8) is 0 Å². The highest BCUT2D eigenvalue weighted by Crippen LogP contribution is 2.30. The number of amidine groups is 1. The Morgan fingerprint density at radius 1 is 1.18 bits per heavy atom. The Balaban J connectivity index is 1.34. The van der Waals surface area contributed by atoms with E-state index in [4.69, 9.17) is 25.3 Å². The van der Waals surface area contributed by atoms with E-state index in [1.54, 1.807) is 0 Å². The maximum Gasteiger partial charge on any atom is 0.290 e. The highest BCUT2D eigenvalue weighted by atomic mass is 16.5. The molecule has 2 aliphatic heterocycles. The van der Waals surface area contributed by atoms with Gasteiger partial charge in [0.05, 0.1) is 30.2 Å². The summed E-state index contributed by atoms with van der Waals surface area (Å²) in [6.45, 7) is 7.59. The number of rotatable bonds is 8. The van der Waals surface area contributed by atoms with Crippen molar-refractivity contribution in [2.75, 3.05) is 45.2 Å². The fourth-order valence-corrected chi connectivity index (χ4v) is 4.74. The van der Waals surface area contributed by atoms with Gasteiger partial charge < -0.3 is 29.9 Å². The lowest BCUT2D eigenvalue weighted by Crippen LogP contribution is -2.44. The van der Waals surface area contributed by atoms with Gasteiger partial charge in [-0.25, -0.2) is 4.99 Å². The van der Waals surface area contributed by atoms with Crippen molar-refractivity contribution >= 4 is 29.2 Å². The highest BCUT2D eigenvalue weighted by Gasteiger charge is 2.28. The minimum absolute atomic E-state index is 0.235. The average molecular weight is 542 g/mol. The molecule has 1 amide bonds. The number of para-hydroxylation sites is 1. The van der Waals surface area contributed by atoms with Crippen molar-refractivity contribution in [3.8, 4) is 0 Å². The number of hydrogen-bond acceptors (Lipinski definition) is 8. The van der Waals surface area contributed by atoms with E-state index in [2.05, 4.69) is 22.1 Å². The molecule has 2 aromatic rings. The second-order valence-electron chi connectivity index (χ2n) is 10.2. The lowest BCUT2D eigenvalue weighted by atomic mass is 10.0. The molecule has 1 aliphatic carbocycles. The third kappa shape index (κ3) is 6.58. The fourth-order valence-electron chi connectivity index (χ4n) is 4.74. The zero-order valence-electron chi connectivity index (χ0n) is 22.7. The van der Waals surface area contributed by atoms with Crippen LogP contribution in [-0.4, -0.2) is 79.4 Å². The number of carbonyl (C=O) groups excluding carboxylic acids is 1. The number of benzodiazepines with no additional fused rings is 1. The Labute approximate surface area is 234 Å². The maximum absolute atomic E-state index is 13.1. The van der Waals surface area contributed by atoms with Gasteiger partial charge in [-0.2, -0.15) is 0 Å². The van der Waals surface area contributed by atoms with Gasteiger partial charge in [0, 0.05) is 49.7 Å². The summed E-state index contributed by atoms with van der Waals surface area (Å²) in [5.74, 6) is -0.0131. The number of hydrogen-bond donors (Lipinski definition) is 4. The Morgan fingerprint density at radius 2 is 1.88 bits per heavy atom. The molecule has 5 rings (SSSR count). The first-order valence-corrected chi connectivity index (χ1v) is 13.5. The zero-order chi connectivity index (χ0) is 28.1. The first kappa shape index (κ1) is 27.1. The SMILES string of the molecule is C=C(/C(=C\N(C)CC1CC1)C(=N)OC(=N)NC1N=C(c2ccccc2)c2ccccc2NC1=O)N1CCOCC1. The van der Waals surface area contributed by atoms with Crippen LogP contribution < -0.4 is 10.6 Å². The molecule has 1 saturated carbocycles. The lowest BCUT2D eigenvalue weighted by molar-refractivity contribution is -0.117. The predicted octanol–water partition coefficient (Wildman–Crippen LogP) is 3.39. The summed E-state index contributed by atoms with van der Waals surface area (Å²) in [5.41, 5.74) is 3.96. The molecule has 10 nitrogen and oxygen atoms in total. The Hall–Kier alpha value is -4.44. The number of morpholine rings is 1. The second kappa shape index (κ2) is 12.2. The van der Waals surface area contributed by atoms with Gasteiger partial charge in [-0.05, 0) is 24.8 Å². The number of fused-ring (bicyclic) bond motifs is 1. The molecular formula is C30H35N7O3. The summed E-state index contributed by atoms with van der Waals surface area (Å²) < 4.78 is 11.1. The zero-order valence-corrected chi connectivity index (χ0v) is 22.7. The van der Waals surface area contributed by atoms with Crippen LogP contribution in [0.15, 0.2) is 83.6 Å². The van der Waals surface area contributed by atoms with Gasteiger partial charge in [-0.1, -0.05) is 55.1 Å². The molecule has 1 atom stereocenters. The van der Waals surface area contributed by atoms with Crippen LogP contribution in [0, 0.1) is 16.7 Å². The van der Waals surface area contributed by atoms with Crippen LogP contribution in [0.2, 0.25) is 0 Å². The normalized spacial score (nSPS) is 19.0. The first-order valence-electron chi connectivity index (χ1n) is 13.5. The van der Waals surface area contributed by atoms with Gasteiger partial charge in [-0.15, -0.1) is 0 Å². The smallest absolute Gasteiger partial charge is 0.290 e. The molecule has 2 aromatic carbocycles. The van der Waals surface area contributed by atoms with Gasteiger partial charge in [0.2, 0.25) is 12.1 Å². The second-order valence-corrected chi connectivity index (χ2v) is 10.2. The molecular weight excluding hydrogens is 506 g/mol. The van der Waals surface area contributed by atoms with E-state index < -0.39 is 18.1 Å². The third-order valence-electron chi connectivity index (χ3n) is 7.01. The molecule has 0 radical (unpaired) electrons. The van der Waals surface area contributed by atoms with E-state index >= 15 is 0 Å². The van der Waals surface area contributed by atoms with Crippen LogP contribution in [0.25, 0.3) is 0 Å². The summed E-state index contributed by atoms with van der Waals surface area (Å²) >= 11 is 0. The average Bonchev–Trinajstić information content (AvgIpc) is 3.79. The summed E-state index contributed by atoms with van der Waals surface area (Å²) in [5, 5.41) is 22.9. The molecule has 0 aromatic heterocycles. The molecule has 3 aliphatic rings. The van der Waals surface area contributed by atoms with E-state index in [0.717, 1.165) is 17.7 Å². The monoisotopic (exact) mass is 541 g/mol. The minimum atomic E-state index is -1.14. The summed E-state index contributed by atoms with van der Waals surface area (Å²) in [6, 6.07) is 16.6. The van der Waals surface area contributed by atoms with E-state index in [-0.39, 0.29) is 5.90 Å². The van der Waals surface area contributed by atoms with Crippen LogP contribution in [0.3, 0.4) is 0 Å². The lowest BCUT2D eigenvalue weighted by Gasteiger charge is -2.32.